The molecule has 278 valence electrons. The first-order chi connectivity index (χ1) is 28.3. The highest BCUT2D eigenvalue weighted by molar-refractivity contribution is 5.90. The second kappa shape index (κ2) is 14.1. The number of para-hydroxylation sites is 1. The molecule has 10 rings (SSSR count). The fourth-order valence-corrected chi connectivity index (χ4v) is 7.48. The Bertz CT molecular complexity index is 3400. The number of nitrogens with zero attached hydrogens (tertiary/aromatic N) is 6. The predicted octanol–water partition coefficient (Wildman–Crippen LogP) is 9.58. The predicted molar refractivity (Wildman–Crippen MR) is 223 cm³/mol. The first-order valence-electron chi connectivity index (χ1n) is 18.6. The van der Waals surface area contributed by atoms with Gasteiger partial charge in [0.25, 0.3) is 11.1 Å². The quantitative estimate of drug-likeness (QED) is 0.161. The lowest BCUT2D eigenvalue weighted by molar-refractivity contribution is 0.595. The van der Waals surface area contributed by atoms with Gasteiger partial charge in [-0.2, -0.15) is 0 Å². The van der Waals surface area contributed by atoms with Gasteiger partial charge in [-0.3, -0.25) is 28.7 Å². The molecule has 58 heavy (non-hydrogen) atoms. The van der Waals surface area contributed by atoms with Crippen molar-refractivity contribution in [1.29, 1.82) is 0 Å². The minimum Gasteiger partial charge on any atom is -0.294 e. The van der Waals surface area contributed by atoms with Gasteiger partial charge in [0, 0.05) is 46.1 Å². The summed E-state index contributed by atoms with van der Waals surface area (Å²) >= 11 is 0. The Labute approximate surface area is 329 Å². The normalized spacial score (nSPS) is 11.6. The minimum absolute atomic E-state index is 0.0323. The van der Waals surface area contributed by atoms with E-state index in [2.05, 4.69) is 19.9 Å². The third kappa shape index (κ3) is 6.36. The van der Waals surface area contributed by atoms with Crippen molar-refractivity contribution in [3.05, 3.63) is 202 Å². The number of rotatable bonds is 7. The average molecular weight is 761 g/mol. The van der Waals surface area contributed by atoms with Crippen molar-refractivity contribution in [2.75, 3.05) is 0 Å². The average Bonchev–Trinajstić information content (AvgIpc) is 3.26. The number of hydrogen-bond donors (Lipinski definition) is 0. The summed E-state index contributed by atoms with van der Waals surface area (Å²) in [7, 11) is 0. The van der Waals surface area contributed by atoms with E-state index in [4.69, 9.17) is 0 Å². The fourth-order valence-electron chi connectivity index (χ4n) is 7.48. The summed E-state index contributed by atoms with van der Waals surface area (Å²) in [6.07, 6.45) is 8.19. The largest absolute Gasteiger partial charge is 0.294 e. The van der Waals surface area contributed by atoms with Crippen molar-refractivity contribution in [1.82, 2.24) is 29.1 Å². The van der Waals surface area contributed by atoms with Gasteiger partial charge in [-0.15, -0.1) is 0 Å². The first-order valence-corrected chi connectivity index (χ1v) is 18.6. The lowest BCUT2D eigenvalue weighted by Crippen LogP contribution is -2.21. The van der Waals surface area contributed by atoms with E-state index in [1.807, 2.05) is 78.9 Å². The number of aromatic nitrogens is 6. The van der Waals surface area contributed by atoms with Gasteiger partial charge in [-0.1, -0.05) is 60.7 Å². The molecule has 0 spiro atoms. The SMILES string of the molecule is O=c1c2ccccc2ncn1Cc1ccc(-c2ccc3ncc(-c4ccc5c(=O)n(Cc6ccc(-c7ccc8cnccc8c7)cc6F)cnc5c4)cc3c2)cc1F. The van der Waals surface area contributed by atoms with Crippen molar-refractivity contribution in [3.63, 3.8) is 0 Å². The van der Waals surface area contributed by atoms with Crippen molar-refractivity contribution in [3.8, 4) is 33.4 Å². The number of fused-ring (bicyclic) bond motifs is 4. The van der Waals surface area contributed by atoms with Crippen LogP contribution in [0.1, 0.15) is 11.1 Å². The molecule has 0 fully saturated rings. The maximum Gasteiger partial charge on any atom is 0.261 e. The highest BCUT2D eigenvalue weighted by Gasteiger charge is 2.13. The smallest absolute Gasteiger partial charge is 0.261 e. The molecule has 0 amide bonds. The first kappa shape index (κ1) is 34.7. The van der Waals surface area contributed by atoms with Crippen molar-refractivity contribution in [2.24, 2.45) is 0 Å². The number of halogens is 2. The third-order valence-corrected chi connectivity index (χ3v) is 10.7. The van der Waals surface area contributed by atoms with E-state index < -0.39 is 11.6 Å². The van der Waals surface area contributed by atoms with Gasteiger partial charge in [-0.25, -0.2) is 18.7 Å². The van der Waals surface area contributed by atoms with Gasteiger partial charge < -0.3 is 0 Å². The molecule has 0 N–H and O–H groups in total. The molecule has 8 nitrogen and oxygen atoms in total. The van der Waals surface area contributed by atoms with Gasteiger partial charge in [0.1, 0.15) is 11.6 Å². The van der Waals surface area contributed by atoms with Crippen LogP contribution >= 0.6 is 0 Å². The van der Waals surface area contributed by atoms with Crippen LogP contribution in [0.5, 0.6) is 0 Å². The summed E-state index contributed by atoms with van der Waals surface area (Å²) in [6, 6.07) is 38.2. The van der Waals surface area contributed by atoms with Crippen LogP contribution in [0.2, 0.25) is 0 Å². The van der Waals surface area contributed by atoms with Crippen molar-refractivity contribution < 1.29 is 8.78 Å². The molecule has 0 saturated heterocycles. The molecule has 0 atom stereocenters. The maximum absolute atomic E-state index is 15.5. The van der Waals surface area contributed by atoms with E-state index in [0.717, 1.165) is 49.5 Å². The van der Waals surface area contributed by atoms with Crippen LogP contribution in [0.4, 0.5) is 8.78 Å². The molecule has 0 aliphatic carbocycles. The molecule has 0 aliphatic rings. The molecule has 6 aromatic carbocycles. The molecule has 4 aromatic heterocycles. The number of benzene rings is 6. The van der Waals surface area contributed by atoms with Crippen LogP contribution in [0.3, 0.4) is 0 Å². The Morgan fingerprint density at radius 1 is 0.448 bits per heavy atom. The molecule has 10 aromatic rings. The summed E-state index contributed by atoms with van der Waals surface area (Å²) in [5.74, 6) is -0.831. The van der Waals surface area contributed by atoms with E-state index in [0.29, 0.717) is 38.5 Å². The van der Waals surface area contributed by atoms with Crippen LogP contribution in [0.25, 0.3) is 76.9 Å². The Hall–Kier alpha value is -7.72. The lowest BCUT2D eigenvalue weighted by Gasteiger charge is -2.11. The van der Waals surface area contributed by atoms with Crippen LogP contribution in [-0.2, 0) is 13.1 Å². The van der Waals surface area contributed by atoms with Gasteiger partial charge in [-0.05, 0) is 99.9 Å². The van der Waals surface area contributed by atoms with E-state index in [-0.39, 0.29) is 24.2 Å². The summed E-state index contributed by atoms with van der Waals surface area (Å²) < 4.78 is 33.7. The molecule has 10 heteroatoms. The zero-order chi connectivity index (χ0) is 39.3. The molecule has 0 unspecified atom stereocenters. The van der Waals surface area contributed by atoms with E-state index in [1.165, 1.54) is 33.9 Å². The van der Waals surface area contributed by atoms with Gasteiger partial charge in [0.05, 0.1) is 53.1 Å². The molecule has 0 saturated carbocycles. The summed E-state index contributed by atoms with van der Waals surface area (Å²) in [5.41, 5.74) is 6.88. The zero-order valence-electron chi connectivity index (χ0n) is 30.7. The Balaban J connectivity index is 0.888. The number of pyridine rings is 2. The Kier molecular flexibility index (Phi) is 8.44. The highest BCUT2D eigenvalue weighted by atomic mass is 19.1. The zero-order valence-corrected chi connectivity index (χ0v) is 30.7. The van der Waals surface area contributed by atoms with Crippen molar-refractivity contribution in [2.45, 2.75) is 13.1 Å². The van der Waals surface area contributed by atoms with Crippen LogP contribution in [0, 0.1) is 11.6 Å². The monoisotopic (exact) mass is 760 g/mol. The van der Waals surface area contributed by atoms with E-state index in [9.17, 15) is 9.59 Å². The van der Waals surface area contributed by atoms with Gasteiger partial charge in [0.15, 0.2) is 0 Å². The van der Waals surface area contributed by atoms with E-state index >= 15 is 8.78 Å². The summed E-state index contributed by atoms with van der Waals surface area (Å²) in [4.78, 5) is 44.3. The van der Waals surface area contributed by atoms with Gasteiger partial charge >= 0.3 is 0 Å². The second-order valence-corrected chi connectivity index (χ2v) is 14.3. The number of hydrogen-bond acceptors (Lipinski definition) is 6. The Morgan fingerprint density at radius 3 is 1.74 bits per heavy atom. The topological polar surface area (TPSA) is 95.6 Å². The molecular weight excluding hydrogens is 731 g/mol. The molecule has 0 bridgehead atoms. The van der Waals surface area contributed by atoms with Crippen molar-refractivity contribution >= 4 is 43.5 Å². The fraction of sp³-hybridized carbons (Fsp3) is 0.0417. The van der Waals surface area contributed by atoms with E-state index in [1.54, 1.807) is 55.0 Å². The molecular formula is C48H30F2N6O2. The standard InChI is InChI=1S/C48H30F2N6O2/c49-42-20-31(29-5-8-35-23-51-16-15-34(35)17-29)6-9-37(42)26-56-28-54-46-22-33(11-13-41(46)48(56)58)39-19-38-18-30(12-14-44(38)52-24-39)32-7-10-36(43(50)21-32)25-55-27-53-45-4-2-1-3-40(45)47(55)57/h1-24,27-28H,25-26H2. The highest BCUT2D eigenvalue weighted by Crippen LogP contribution is 2.30. The minimum atomic E-state index is -0.425. The lowest BCUT2D eigenvalue weighted by atomic mass is 9.99. The third-order valence-electron chi connectivity index (χ3n) is 10.7. The van der Waals surface area contributed by atoms with Gasteiger partial charge in [0.2, 0.25) is 0 Å². The molecule has 0 aliphatic heterocycles. The Morgan fingerprint density at radius 2 is 1.02 bits per heavy atom. The van der Waals surface area contributed by atoms with Crippen LogP contribution in [-0.4, -0.2) is 29.1 Å². The summed E-state index contributed by atoms with van der Waals surface area (Å²) in [5, 5.41) is 3.77. The van der Waals surface area contributed by atoms with Crippen LogP contribution in [0.15, 0.2) is 168 Å². The molecule has 4 heterocycles. The second-order valence-electron chi connectivity index (χ2n) is 14.3. The van der Waals surface area contributed by atoms with Crippen LogP contribution < -0.4 is 11.1 Å². The molecule has 0 radical (unpaired) electrons. The maximum atomic E-state index is 15.5. The summed E-state index contributed by atoms with van der Waals surface area (Å²) in [6.45, 7) is 0.0884.